The Bertz CT molecular complexity index is 684. The predicted octanol–water partition coefficient (Wildman–Crippen LogP) is 4.46. The highest BCUT2D eigenvalue weighted by molar-refractivity contribution is 9.10. The van der Waals surface area contributed by atoms with E-state index in [0.717, 1.165) is 22.5 Å². The van der Waals surface area contributed by atoms with Crippen LogP contribution in [-0.2, 0) is 11.3 Å². The zero-order chi connectivity index (χ0) is 16.8. The van der Waals surface area contributed by atoms with Gasteiger partial charge in [-0.15, -0.1) is 11.8 Å². The van der Waals surface area contributed by atoms with Crippen molar-refractivity contribution in [2.75, 3.05) is 23.7 Å². The molecule has 0 aromatic heterocycles. The summed E-state index contributed by atoms with van der Waals surface area (Å²) in [5.41, 5.74) is 2.46. The second-order valence-electron chi connectivity index (χ2n) is 5.84. The van der Waals surface area contributed by atoms with E-state index in [2.05, 4.69) is 44.3 Å². The highest BCUT2D eigenvalue weighted by atomic mass is 79.9. The van der Waals surface area contributed by atoms with E-state index in [1.807, 2.05) is 30.3 Å². The molecule has 3 rings (SSSR count). The molecule has 0 radical (unpaired) electrons. The molecule has 1 saturated heterocycles. The summed E-state index contributed by atoms with van der Waals surface area (Å²) in [6.07, 6.45) is 2.51. The van der Waals surface area contributed by atoms with Crippen LogP contribution in [0.2, 0.25) is 0 Å². The van der Waals surface area contributed by atoms with Gasteiger partial charge in [0, 0.05) is 34.7 Å². The van der Waals surface area contributed by atoms with E-state index in [9.17, 15) is 4.79 Å². The molecule has 1 N–H and O–H groups in total. The predicted molar refractivity (Wildman–Crippen MR) is 105 cm³/mol. The van der Waals surface area contributed by atoms with E-state index in [-0.39, 0.29) is 5.91 Å². The van der Waals surface area contributed by atoms with Gasteiger partial charge < -0.3 is 10.2 Å². The van der Waals surface area contributed by atoms with E-state index >= 15 is 0 Å². The number of nitrogens with zero attached hydrogens (tertiary/aromatic N) is 1. The van der Waals surface area contributed by atoms with Crippen LogP contribution < -0.4 is 10.2 Å². The third-order valence-electron chi connectivity index (χ3n) is 4.10. The molecule has 0 unspecified atom stereocenters. The number of thioether (sulfide) groups is 1. The molecule has 2 aromatic carbocycles. The van der Waals surface area contributed by atoms with Gasteiger partial charge in [-0.1, -0.05) is 34.1 Å². The molecule has 1 aliphatic heterocycles. The van der Waals surface area contributed by atoms with Crippen molar-refractivity contribution in [1.29, 1.82) is 0 Å². The van der Waals surface area contributed by atoms with Crippen LogP contribution >= 0.6 is 27.7 Å². The Hall–Kier alpha value is -1.46. The summed E-state index contributed by atoms with van der Waals surface area (Å²) < 4.78 is 1.05. The first-order valence-corrected chi connectivity index (χ1v) is 9.98. The zero-order valence-electron chi connectivity index (χ0n) is 13.5. The molecule has 2 aromatic rings. The summed E-state index contributed by atoms with van der Waals surface area (Å²) in [5, 5.41) is 3.05. The van der Waals surface area contributed by atoms with Gasteiger partial charge >= 0.3 is 0 Å². The minimum atomic E-state index is 0.0687. The quantitative estimate of drug-likeness (QED) is 0.721. The van der Waals surface area contributed by atoms with Gasteiger partial charge in [0.25, 0.3) is 0 Å². The third kappa shape index (κ3) is 4.77. The maximum Gasteiger partial charge on any atom is 0.230 e. The maximum absolute atomic E-state index is 12.1. The van der Waals surface area contributed by atoms with Crippen molar-refractivity contribution in [3.8, 4) is 0 Å². The molecule has 24 heavy (non-hydrogen) atoms. The molecule has 5 heteroatoms. The third-order valence-corrected chi connectivity index (χ3v) is 5.64. The van der Waals surface area contributed by atoms with Gasteiger partial charge in [-0.2, -0.15) is 0 Å². The molecule has 1 fully saturated rings. The number of hydrogen-bond acceptors (Lipinski definition) is 3. The van der Waals surface area contributed by atoms with Crippen molar-refractivity contribution < 1.29 is 4.79 Å². The summed E-state index contributed by atoms with van der Waals surface area (Å²) in [6.45, 7) is 2.82. The molecule has 3 nitrogen and oxygen atoms in total. The molecule has 1 amide bonds. The standard InChI is InChI=1S/C19H21BrN2OS/c20-16-7-9-17(10-8-16)24-14-19(23)21-13-15-5-1-2-6-18(15)22-11-3-4-12-22/h1-2,5-10H,3-4,11-14H2,(H,21,23). The number of rotatable bonds is 6. The average Bonchev–Trinajstić information content (AvgIpc) is 3.14. The largest absolute Gasteiger partial charge is 0.371 e. The molecule has 0 spiro atoms. The van der Waals surface area contributed by atoms with E-state index in [4.69, 9.17) is 0 Å². The van der Waals surface area contributed by atoms with Gasteiger partial charge in [0.05, 0.1) is 5.75 Å². The number of nitrogens with one attached hydrogen (secondary N) is 1. The van der Waals surface area contributed by atoms with E-state index in [1.54, 1.807) is 11.8 Å². The van der Waals surface area contributed by atoms with Gasteiger partial charge in [0.1, 0.15) is 0 Å². The van der Waals surface area contributed by atoms with Crippen molar-refractivity contribution in [3.05, 3.63) is 58.6 Å². The Kier molecular flexibility index (Phi) is 6.21. The van der Waals surface area contributed by atoms with E-state index in [0.29, 0.717) is 12.3 Å². The summed E-state index contributed by atoms with van der Waals surface area (Å²) in [7, 11) is 0. The molecular weight excluding hydrogens is 384 g/mol. The lowest BCUT2D eigenvalue weighted by Gasteiger charge is -2.21. The second kappa shape index (κ2) is 8.58. The number of carbonyl (C=O) groups is 1. The van der Waals surface area contributed by atoms with E-state index < -0.39 is 0 Å². The lowest BCUT2D eigenvalue weighted by Crippen LogP contribution is -2.26. The monoisotopic (exact) mass is 404 g/mol. The van der Waals surface area contributed by atoms with Crippen molar-refractivity contribution in [3.63, 3.8) is 0 Å². The number of benzene rings is 2. The highest BCUT2D eigenvalue weighted by Crippen LogP contribution is 2.24. The smallest absolute Gasteiger partial charge is 0.230 e. The Morgan fingerprint density at radius 1 is 1.08 bits per heavy atom. The molecule has 1 aliphatic rings. The number of halogens is 1. The molecule has 0 aliphatic carbocycles. The normalized spacial score (nSPS) is 14.0. The molecule has 126 valence electrons. The number of amides is 1. The Morgan fingerprint density at radius 2 is 1.79 bits per heavy atom. The lowest BCUT2D eigenvalue weighted by molar-refractivity contribution is -0.118. The summed E-state index contributed by atoms with van der Waals surface area (Å²) in [5.74, 6) is 0.507. The summed E-state index contributed by atoms with van der Waals surface area (Å²) in [4.78, 5) is 15.7. The van der Waals surface area contributed by atoms with Gasteiger partial charge in [0.2, 0.25) is 5.91 Å². The van der Waals surface area contributed by atoms with Crippen LogP contribution in [0.3, 0.4) is 0 Å². The first-order valence-electron chi connectivity index (χ1n) is 8.20. The highest BCUT2D eigenvalue weighted by Gasteiger charge is 2.15. The fraction of sp³-hybridized carbons (Fsp3) is 0.316. The van der Waals surface area contributed by atoms with Gasteiger partial charge in [-0.25, -0.2) is 0 Å². The van der Waals surface area contributed by atoms with Crippen LogP contribution in [0.4, 0.5) is 5.69 Å². The fourth-order valence-corrected chi connectivity index (χ4v) is 3.84. The van der Waals surface area contributed by atoms with Crippen molar-refractivity contribution >= 4 is 39.3 Å². The molecule has 0 atom stereocenters. The SMILES string of the molecule is O=C(CSc1ccc(Br)cc1)NCc1ccccc1N1CCCC1. The van der Waals surface area contributed by atoms with Crippen molar-refractivity contribution in [2.24, 2.45) is 0 Å². The average molecular weight is 405 g/mol. The number of carbonyl (C=O) groups excluding carboxylic acids is 1. The first-order chi connectivity index (χ1) is 11.7. The first kappa shape index (κ1) is 17.4. The van der Waals surface area contributed by atoms with Crippen LogP contribution in [0.1, 0.15) is 18.4 Å². The summed E-state index contributed by atoms with van der Waals surface area (Å²) >= 11 is 4.98. The molecular formula is C19H21BrN2OS. The lowest BCUT2D eigenvalue weighted by atomic mass is 10.1. The van der Waals surface area contributed by atoms with Crippen molar-refractivity contribution in [1.82, 2.24) is 5.32 Å². The van der Waals surface area contributed by atoms with Crippen molar-refractivity contribution in [2.45, 2.75) is 24.3 Å². The zero-order valence-corrected chi connectivity index (χ0v) is 15.9. The Balaban J connectivity index is 1.52. The Labute approximate surface area is 155 Å². The minimum absolute atomic E-state index is 0.0687. The van der Waals surface area contributed by atoms with Gasteiger partial charge in [-0.05, 0) is 48.7 Å². The Morgan fingerprint density at radius 3 is 2.54 bits per heavy atom. The number of para-hydroxylation sites is 1. The van der Waals surface area contributed by atoms with Crippen LogP contribution in [-0.4, -0.2) is 24.7 Å². The second-order valence-corrected chi connectivity index (χ2v) is 7.81. The molecule has 0 bridgehead atoms. The van der Waals surface area contributed by atoms with Crippen LogP contribution in [0.25, 0.3) is 0 Å². The molecule has 0 saturated carbocycles. The van der Waals surface area contributed by atoms with Crippen LogP contribution in [0, 0.1) is 0 Å². The maximum atomic E-state index is 12.1. The fourth-order valence-electron chi connectivity index (χ4n) is 2.85. The minimum Gasteiger partial charge on any atom is -0.371 e. The van der Waals surface area contributed by atoms with Crippen LogP contribution in [0.15, 0.2) is 57.9 Å². The number of anilines is 1. The molecule has 1 heterocycles. The number of hydrogen-bond donors (Lipinski definition) is 1. The summed E-state index contributed by atoms with van der Waals surface area (Å²) in [6, 6.07) is 16.4. The van der Waals surface area contributed by atoms with E-state index in [1.165, 1.54) is 24.1 Å². The van der Waals surface area contributed by atoms with Crippen LogP contribution in [0.5, 0.6) is 0 Å². The van der Waals surface area contributed by atoms with Gasteiger partial charge in [0.15, 0.2) is 0 Å². The topological polar surface area (TPSA) is 32.3 Å². The van der Waals surface area contributed by atoms with Gasteiger partial charge in [-0.3, -0.25) is 4.79 Å².